The Hall–Kier alpha value is -0.970. The first-order valence-electron chi connectivity index (χ1n) is 5.88. The number of aryl methyl sites for hydroxylation is 1. The van der Waals surface area contributed by atoms with Crippen LogP contribution in [-0.4, -0.2) is 11.1 Å². The van der Waals surface area contributed by atoms with Crippen molar-refractivity contribution in [3.63, 3.8) is 0 Å². The van der Waals surface area contributed by atoms with Crippen LogP contribution in [0.2, 0.25) is 5.02 Å². The Balaban J connectivity index is 2.15. The third kappa shape index (κ3) is 3.78. The number of carboxylic acid groups (broad SMARTS) is 1. The van der Waals surface area contributed by atoms with Crippen molar-refractivity contribution in [3.8, 4) is 0 Å². The third-order valence-electron chi connectivity index (χ3n) is 2.85. The maximum Gasteiger partial charge on any atom is 0.335 e. The molecule has 0 fully saturated rings. The van der Waals surface area contributed by atoms with Gasteiger partial charge in [-0.3, -0.25) is 0 Å². The average molecular weight is 372 g/mol. The van der Waals surface area contributed by atoms with Crippen LogP contribution in [0.4, 0.5) is 0 Å². The van der Waals surface area contributed by atoms with Gasteiger partial charge in [0.1, 0.15) is 0 Å². The SMILES string of the molecule is Cc1ccc(SCc2ccc(Br)cc2Cl)cc1C(=O)O. The Labute approximate surface area is 135 Å². The highest BCUT2D eigenvalue weighted by atomic mass is 79.9. The Morgan fingerprint density at radius 2 is 2.05 bits per heavy atom. The van der Waals surface area contributed by atoms with E-state index in [2.05, 4.69) is 15.9 Å². The summed E-state index contributed by atoms with van der Waals surface area (Å²) in [6.45, 7) is 1.80. The topological polar surface area (TPSA) is 37.3 Å². The molecule has 104 valence electrons. The highest BCUT2D eigenvalue weighted by Gasteiger charge is 2.09. The molecule has 0 unspecified atom stereocenters. The number of carbonyl (C=O) groups is 1. The molecule has 0 aliphatic rings. The minimum atomic E-state index is -0.897. The molecular weight excluding hydrogens is 360 g/mol. The summed E-state index contributed by atoms with van der Waals surface area (Å²) in [7, 11) is 0. The van der Waals surface area contributed by atoms with E-state index in [-0.39, 0.29) is 0 Å². The van der Waals surface area contributed by atoms with Crippen molar-refractivity contribution in [3.05, 3.63) is 62.6 Å². The van der Waals surface area contributed by atoms with E-state index in [1.807, 2.05) is 30.3 Å². The van der Waals surface area contributed by atoms with E-state index in [0.29, 0.717) is 16.3 Å². The highest BCUT2D eigenvalue weighted by Crippen LogP contribution is 2.29. The lowest BCUT2D eigenvalue weighted by atomic mass is 10.1. The minimum absolute atomic E-state index is 0.344. The smallest absolute Gasteiger partial charge is 0.335 e. The first kappa shape index (κ1) is 15.4. The normalized spacial score (nSPS) is 10.6. The largest absolute Gasteiger partial charge is 0.478 e. The monoisotopic (exact) mass is 370 g/mol. The number of hydrogen-bond donors (Lipinski definition) is 1. The van der Waals surface area contributed by atoms with Crippen molar-refractivity contribution in [1.29, 1.82) is 0 Å². The Bertz CT molecular complexity index is 658. The zero-order chi connectivity index (χ0) is 14.7. The van der Waals surface area contributed by atoms with Crippen LogP contribution in [0.15, 0.2) is 45.8 Å². The summed E-state index contributed by atoms with van der Waals surface area (Å²) in [5.41, 5.74) is 2.14. The number of aromatic carboxylic acids is 1. The number of halogens is 2. The van der Waals surface area contributed by atoms with Crippen molar-refractivity contribution in [2.24, 2.45) is 0 Å². The summed E-state index contributed by atoms with van der Waals surface area (Å²) in [6.07, 6.45) is 0. The molecule has 0 bridgehead atoms. The van der Waals surface area contributed by atoms with E-state index >= 15 is 0 Å². The molecule has 0 atom stereocenters. The molecule has 2 rings (SSSR count). The number of hydrogen-bond acceptors (Lipinski definition) is 2. The lowest BCUT2D eigenvalue weighted by molar-refractivity contribution is 0.0696. The lowest BCUT2D eigenvalue weighted by Gasteiger charge is -2.07. The van der Waals surface area contributed by atoms with Crippen LogP contribution in [-0.2, 0) is 5.75 Å². The molecule has 2 aromatic rings. The predicted molar refractivity (Wildman–Crippen MR) is 86.9 cm³/mol. The third-order valence-corrected chi connectivity index (χ3v) is 4.74. The van der Waals surface area contributed by atoms with Gasteiger partial charge in [0.25, 0.3) is 0 Å². The minimum Gasteiger partial charge on any atom is -0.478 e. The maximum atomic E-state index is 11.1. The fourth-order valence-electron chi connectivity index (χ4n) is 1.72. The number of rotatable bonds is 4. The summed E-state index contributed by atoms with van der Waals surface area (Å²) in [6, 6.07) is 11.2. The molecule has 0 aromatic heterocycles. The summed E-state index contributed by atoms with van der Waals surface area (Å²) < 4.78 is 0.944. The van der Waals surface area contributed by atoms with Crippen molar-refractivity contribution in [2.45, 2.75) is 17.6 Å². The van der Waals surface area contributed by atoms with Gasteiger partial charge in [0, 0.05) is 20.1 Å². The van der Waals surface area contributed by atoms with Crippen molar-refractivity contribution >= 4 is 45.3 Å². The van der Waals surface area contributed by atoms with Gasteiger partial charge in [-0.15, -0.1) is 11.8 Å². The van der Waals surface area contributed by atoms with Crippen LogP contribution in [0.1, 0.15) is 21.5 Å². The second kappa shape index (κ2) is 6.66. The molecule has 2 nitrogen and oxygen atoms in total. The molecule has 1 N–H and O–H groups in total. The quantitative estimate of drug-likeness (QED) is 0.731. The molecule has 0 amide bonds. The predicted octanol–water partition coefficient (Wildman–Crippen LogP) is 5.40. The van der Waals surface area contributed by atoms with E-state index in [1.165, 1.54) is 0 Å². The number of thioether (sulfide) groups is 1. The van der Waals surface area contributed by atoms with Gasteiger partial charge in [-0.1, -0.05) is 39.7 Å². The molecule has 0 saturated carbocycles. The zero-order valence-electron chi connectivity index (χ0n) is 10.7. The number of benzene rings is 2. The second-order valence-electron chi connectivity index (χ2n) is 4.31. The van der Waals surface area contributed by atoms with Gasteiger partial charge < -0.3 is 5.11 Å². The summed E-state index contributed by atoms with van der Waals surface area (Å²) in [5.74, 6) is -0.194. The fourth-order valence-corrected chi connectivity index (χ4v) is 3.48. The van der Waals surface area contributed by atoms with Gasteiger partial charge in [-0.25, -0.2) is 4.79 Å². The first-order valence-corrected chi connectivity index (χ1v) is 8.03. The van der Waals surface area contributed by atoms with Gasteiger partial charge in [-0.2, -0.15) is 0 Å². The zero-order valence-corrected chi connectivity index (χ0v) is 13.8. The molecule has 0 heterocycles. The summed E-state index contributed by atoms with van der Waals surface area (Å²) in [5, 5.41) is 9.82. The van der Waals surface area contributed by atoms with Gasteiger partial charge >= 0.3 is 5.97 Å². The van der Waals surface area contributed by atoms with E-state index in [0.717, 1.165) is 20.5 Å². The van der Waals surface area contributed by atoms with Gasteiger partial charge in [0.15, 0.2) is 0 Å². The Morgan fingerprint density at radius 1 is 1.30 bits per heavy atom. The maximum absolute atomic E-state index is 11.1. The molecule has 2 aromatic carbocycles. The standard InChI is InChI=1S/C15H12BrClO2S/c1-9-2-5-12(7-13(9)15(18)19)20-8-10-3-4-11(16)6-14(10)17/h2-7H,8H2,1H3,(H,18,19). The molecule has 0 aliphatic carbocycles. The van der Waals surface area contributed by atoms with Crippen LogP contribution in [0.3, 0.4) is 0 Å². The Morgan fingerprint density at radius 3 is 2.70 bits per heavy atom. The van der Waals surface area contributed by atoms with E-state index in [4.69, 9.17) is 16.7 Å². The molecule has 0 saturated heterocycles. The Kier molecular flexibility index (Phi) is 5.13. The highest BCUT2D eigenvalue weighted by molar-refractivity contribution is 9.10. The summed E-state index contributed by atoms with van der Waals surface area (Å²) in [4.78, 5) is 12.0. The second-order valence-corrected chi connectivity index (χ2v) is 6.68. The van der Waals surface area contributed by atoms with Crippen molar-refractivity contribution < 1.29 is 9.90 Å². The van der Waals surface area contributed by atoms with Gasteiger partial charge in [0.2, 0.25) is 0 Å². The van der Waals surface area contributed by atoms with Crippen LogP contribution in [0.25, 0.3) is 0 Å². The molecule has 20 heavy (non-hydrogen) atoms. The average Bonchev–Trinajstić information content (AvgIpc) is 2.39. The van der Waals surface area contributed by atoms with E-state index < -0.39 is 5.97 Å². The van der Waals surface area contributed by atoms with Crippen LogP contribution in [0.5, 0.6) is 0 Å². The fraction of sp³-hybridized carbons (Fsp3) is 0.133. The molecular formula is C15H12BrClO2S. The van der Waals surface area contributed by atoms with E-state index in [9.17, 15) is 4.79 Å². The van der Waals surface area contributed by atoms with Crippen LogP contribution < -0.4 is 0 Å². The van der Waals surface area contributed by atoms with Crippen LogP contribution >= 0.6 is 39.3 Å². The van der Waals surface area contributed by atoms with Gasteiger partial charge in [0.05, 0.1) is 5.56 Å². The molecule has 5 heteroatoms. The summed E-state index contributed by atoms with van der Waals surface area (Å²) >= 11 is 11.1. The van der Waals surface area contributed by atoms with Gasteiger partial charge in [-0.05, 0) is 42.3 Å². The lowest BCUT2D eigenvalue weighted by Crippen LogP contribution is -1.99. The number of carboxylic acids is 1. The molecule has 0 aliphatic heterocycles. The van der Waals surface area contributed by atoms with Crippen molar-refractivity contribution in [1.82, 2.24) is 0 Å². The molecule has 0 spiro atoms. The van der Waals surface area contributed by atoms with E-state index in [1.54, 1.807) is 24.8 Å². The van der Waals surface area contributed by atoms with Crippen LogP contribution in [0, 0.1) is 6.92 Å². The van der Waals surface area contributed by atoms with Crippen molar-refractivity contribution in [2.75, 3.05) is 0 Å². The molecule has 0 radical (unpaired) electrons. The first-order chi connectivity index (χ1) is 9.47.